The van der Waals surface area contributed by atoms with Gasteiger partial charge in [0.25, 0.3) is 0 Å². The Morgan fingerprint density at radius 3 is 2.71 bits per heavy atom. The van der Waals surface area contributed by atoms with Gasteiger partial charge in [0.2, 0.25) is 5.91 Å². The van der Waals surface area contributed by atoms with Crippen molar-refractivity contribution in [1.82, 2.24) is 5.32 Å². The molecule has 1 fully saturated rings. The van der Waals surface area contributed by atoms with Crippen molar-refractivity contribution in [2.45, 2.75) is 51.9 Å². The van der Waals surface area contributed by atoms with Gasteiger partial charge < -0.3 is 15.5 Å². The van der Waals surface area contributed by atoms with Crippen molar-refractivity contribution in [3.05, 3.63) is 23.2 Å². The molecule has 0 saturated carbocycles. The number of hydrogen-bond acceptors (Lipinski definition) is 3. The van der Waals surface area contributed by atoms with Gasteiger partial charge in [-0.1, -0.05) is 37.4 Å². The number of piperidine rings is 1. The van der Waals surface area contributed by atoms with Crippen LogP contribution >= 0.6 is 23.8 Å². The van der Waals surface area contributed by atoms with Crippen molar-refractivity contribution in [2.24, 2.45) is 0 Å². The number of carbonyl (C=O) groups is 1. The second-order valence-corrected chi connectivity index (χ2v) is 6.96. The molecule has 6 heteroatoms. The molecule has 0 unspecified atom stereocenters. The van der Waals surface area contributed by atoms with Crippen molar-refractivity contribution in [3.63, 3.8) is 0 Å². The van der Waals surface area contributed by atoms with Gasteiger partial charge in [-0.15, -0.1) is 0 Å². The van der Waals surface area contributed by atoms with Crippen molar-refractivity contribution in [3.8, 4) is 0 Å². The molecule has 1 saturated heterocycles. The van der Waals surface area contributed by atoms with Crippen molar-refractivity contribution < 1.29 is 4.79 Å². The number of thiocarbonyl (C=S) groups is 1. The minimum absolute atomic E-state index is 0.0394. The van der Waals surface area contributed by atoms with E-state index in [1.807, 2.05) is 18.2 Å². The summed E-state index contributed by atoms with van der Waals surface area (Å²) in [5.74, 6) is -0.0394. The van der Waals surface area contributed by atoms with E-state index in [1.54, 1.807) is 0 Å². The summed E-state index contributed by atoms with van der Waals surface area (Å²) in [6, 6.07) is 5.73. The molecule has 0 radical (unpaired) electrons. The number of halogens is 1. The normalized spacial score (nSPS) is 14.3. The molecule has 4 nitrogen and oxygen atoms in total. The molecular formula is C18H26ClN3OS. The van der Waals surface area contributed by atoms with E-state index in [4.69, 9.17) is 23.8 Å². The number of amides is 1. The molecular weight excluding hydrogens is 342 g/mol. The van der Waals surface area contributed by atoms with Crippen LogP contribution in [0.15, 0.2) is 18.2 Å². The number of hydrogen-bond donors (Lipinski definition) is 2. The van der Waals surface area contributed by atoms with Crippen LogP contribution in [0.5, 0.6) is 0 Å². The van der Waals surface area contributed by atoms with Gasteiger partial charge >= 0.3 is 0 Å². The first-order valence-corrected chi connectivity index (χ1v) is 9.54. The molecule has 2 rings (SSSR count). The van der Waals surface area contributed by atoms with Crippen molar-refractivity contribution >= 4 is 46.2 Å². The van der Waals surface area contributed by atoms with Gasteiger partial charge in [-0.3, -0.25) is 4.79 Å². The van der Waals surface area contributed by atoms with Crippen LogP contribution in [0.3, 0.4) is 0 Å². The Labute approximate surface area is 154 Å². The summed E-state index contributed by atoms with van der Waals surface area (Å²) >= 11 is 11.7. The Morgan fingerprint density at radius 1 is 1.25 bits per heavy atom. The number of para-hydroxylation sites is 1. The fourth-order valence-corrected chi connectivity index (χ4v) is 3.45. The summed E-state index contributed by atoms with van der Waals surface area (Å²) in [5.41, 5.74) is 1.82. The van der Waals surface area contributed by atoms with Gasteiger partial charge in [-0.2, -0.15) is 0 Å². The number of nitrogens with one attached hydrogen (secondary N) is 2. The second-order valence-electron chi connectivity index (χ2n) is 6.14. The summed E-state index contributed by atoms with van der Waals surface area (Å²) in [7, 11) is 0. The smallest absolute Gasteiger partial charge is 0.226 e. The topological polar surface area (TPSA) is 44.4 Å². The quantitative estimate of drug-likeness (QED) is 0.563. The summed E-state index contributed by atoms with van der Waals surface area (Å²) in [6.07, 6.45) is 7.15. The highest BCUT2D eigenvalue weighted by Gasteiger charge is 2.18. The number of unbranched alkanes of at least 4 members (excludes halogenated alkanes) is 2. The van der Waals surface area contributed by atoms with Gasteiger partial charge in [0, 0.05) is 19.5 Å². The van der Waals surface area contributed by atoms with E-state index in [-0.39, 0.29) is 5.91 Å². The molecule has 0 atom stereocenters. The number of carbonyl (C=O) groups excluding carboxylic acids is 1. The van der Waals surface area contributed by atoms with Crippen LogP contribution in [-0.2, 0) is 4.79 Å². The maximum absolute atomic E-state index is 11.9. The average molecular weight is 368 g/mol. The SMILES string of the molecule is CCCCCC(=O)NC(=S)Nc1cccc(Cl)c1N1CCCCC1. The molecule has 1 amide bonds. The van der Waals surface area contributed by atoms with Gasteiger partial charge in [-0.25, -0.2) is 0 Å². The molecule has 0 bridgehead atoms. The Kier molecular flexibility index (Phi) is 7.79. The number of benzene rings is 1. The van der Waals surface area contributed by atoms with E-state index < -0.39 is 0 Å². The first kappa shape index (κ1) is 19.0. The van der Waals surface area contributed by atoms with E-state index in [9.17, 15) is 4.79 Å². The third-order valence-corrected chi connectivity index (χ3v) is 4.68. The van der Waals surface area contributed by atoms with Crippen molar-refractivity contribution in [1.29, 1.82) is 0 Å². The summed E-state index contributed by atoms with van der Waals surface area (Å²) in [5, 5.41) is 6.94. The molecule has 1 heterocycles. The zero-order chi connectivity index (χ0) is 17.4. The molecule has 0 spiro atoms. The zero-order valence-corrected chi connectivity index (χ0v) is 15.8. The first-order chi connectivity index (χ1) is 11.6. The van der Waals surface area contributed by atoms with Crippen LogP contribution in [0.2, 0.25) is 5.02 Å². The third-order valence-electron chi connectivity index (χ3n) is 4.17. The molecule has 0 aliphatic carbocycles. The Morgan fingerprint density at radius 2 is 2.00 bits per heavy atom. The summed E-state index contributed by atoms with van der Waals surface area (Å²) in [6.45, 7) is 4.11. The van der Waals surface area contributed by atoms with Gasteiger partial charge in [-0.05, 0) is 50.0 Å². The fourth-order valence-electron chi connectivity index (χ4n) is 2.93. The van der Waals surface area contributed by atoms with Crippen LogP contribution in [-0.4, -0.2) is 24.1 Å². The molecule has 24 heavy (non-hydrogen) atoms. The lowest BCUT2D eigenvalue weighted by Crippen LogP contribution is -2.35. The first-order valence-electron chi connectivity index (χ1n) is 8.76. The van der Waals surface area contributed by atoms with Crippen LogP contribution < -0.4 is 15.5 Å². The van der Waals surface area contributed by atoms with Gasteiger partial charge in [0.1, 0.15) is 0 Å². The molecule has 1 aromatic rings. The maximum Gasteiger partial charge on any atom is 0.226 e. The summed E-state index contributed by atoms with van der Waals surface area (Å²) in [4.78, 5) is 14.2. The number of nitrogens with zero attached hydrogens (tertiary/aromatic N) is 1. The Balaban J connectivity index is 1.99. The molecule has 1 aromatic carbocycles. The average Bonchev–Trinajstić information content (AvgIpc) is 2.56. The molecule has 2 N–H and O–H groups in total. The molecule has 0 aromatic heterocycles. The molecule has 1 aliphatic rings. The zero-order valence-electron chi connectivity index (χ0n) is 14.2. The third kappa shape index (κ3) is 5.64. The summed E-state index contributed by atoms with van der Waals surface area (Å²) < 4.78 is 0. The maximum atomic E-state index is 11.9. The van der Waals surface area contributed by atoms with Crippen LogP contribution in [0.1, 0.15) is 51.9 Å². The minimum Gasteiger partial charge on any atom is -0.369 e. The largest absolute Gasteiger partial charge is 0.369 e. The van der Waals surface area contributed by atoms with Crippen molar-refractivity contribution in [2.75, 3.05) is 23.3 Å². The van der Waals surface area contributed by atoms with Crippen LogP contribution in [0, 0.1) is 0 Å². The van der Waals surface area contributed by atoms with Crippen LogP contribution in [0.4, 0.5) is 11.4 Å². The fraction of sp³-hybridized carbons (Fsp3) is 0.556. The standard InChI is InChI=1S/C18H26ClN3OS/c1-2-3-5-11-16(23)21-18(24)20-15-10-8-9-14(19)17(15)22-12-6-4-7-13-22/h8-10H,2-7,11-13H2,1H3,(H2,20,21,23,24). The number of anilines is 2. The highest BCUT2D eigenvalue weighted by molar-refractivity contribution is 7.80. The lowest BCUT2D eigenvalue weighted by Gasteiger charge is -2.31. The Hall–Kier alpha value is -1.33. The number of rotatable bonds is 6. The Bertz CT molecular complexity index is 573. The van der Waals surface area contributed by atoms with E-state index in [2.05, 4.69) is 22.5 Å². The minimum atomic E-state index is -0.0394. The second kappa shape index (κ2) is 9.84. The van der Waals surface area contributed by atoms with E-state index in [0.717, 1.165) is 43.7 Å². The monoisotopic (exact) mass is 367 g/mol. The highest BCUT2D eigenvalue weighted by Crippen LogP contribution is 2.35. The van der Waals surface area contributed by atoms with Crippen LogP contribution in [0.25, 0.3) is 0 Å². The molecule has 1 aliphatic heterocycles. The van der Waals surface area contributed by atoms with Gasteiger partial charge in [0.15, 0.2) is 5.11 Å². The lowest BCUT2D eigenvalue weighted by atomic mass is 10.1. The van der Waals surface area contributed by atoms with E-state index in [0.29, 0.717) is 16.6 Å². The lowest BCUT2D eigenvalue weighted by molar-refractivity contribution is -0.119. The highest BCUT2D eigenvalue weighted by atomic mass is 35.5. The van der Waals surface area contributed by atoms with Gasteiger partial charge in [0.05, 0.1) is 16.4 Å². The van der Waals surface area contributed by atoms with E-state index in [1.165, 1.54) is 19.3 Å². The predicted octanol–water partition coefficient (Wildman–Crippen LogP) is 4.72. The predicted molar refractivity (Wildman–Crippen MR) is 106 cm³/mol. The van der Waals surface area contributed by atoms with E-state index >= 15 is 0 Å². The molecule has 132 valence electrons.